The predicted molar refractivity (Wildman–Crippen MR) is 72.0 cm³/mol. The first-order valence-corrected chi connectivity index (χ1v) is 6.25. The number of aromatic nitrogens is 4. The van der Waals surface area contributed by atoms with Crippen LogP contribution in [0.25, 0.3) is 11.0 Å². The lowest BCUT2D eigenvalue weighted by Crippen LogP contribution is -2.08. The van der Waals surface area contributed by atoms with Crippen LogP contribution < -0.4 is 5.32 Å². The number of fused-ring (bicyclic) bond motifs is 1. The van der Waals surface area contributed by atoms with Gasteiger partial charge in [-0.2, -0.15) is 5.10 Å². The van der Waals surface area contributed by atoms with Crippen LogP contribution in [0.1, 0.15) is 12.7 Å². The summed E-state index contributed by atoms with van der Waals surface area (Å²) in [6, 6.07) is 0. The maximum atomic E-state index is 5.45. The third kappa shape index (κ3) is 3.18. The Kier molecular flexibility index (Phi) is 4.64. The second-order valence-corrected chi connectivity index (χ2v) is 4.07. The van der Waals surface area contributed by atoms with Crippen LogP contribution in [0.4, 0.5) is 5.82 Å². The fourth-order valence-electron chi connectivity index (χ4n) is 1.74. The van der Waals surface area contributed by atoms with Crippen molar-refractivity contribution in [3.05, 3.63) is 12.0 Å². The lowest BCUT2D eigenvalue weighted by atomic mass is 10.3. The van der Waals surface area contributed by atoms with Gasteiger partial charge in [0.1, 0.15) is 12.4 Å². The number of aryl methyl sites for hydroxylation is 1. The number of methoxy groups -OCH3 is 1. The number of nitrogens with zero attached hydrogens (tertiary/aromatic N) is 4. The molecular formula is C12H19N5O2. The minimum atomic E-state index is 0.364. The molecule has 0 bridgehead atoms. The van der Waals surface area contributed by atoms with E-state index < -0.39 is 0 Å². The van der Waals surface area contributed by atoms with Crippen molar-refractivity contribution in [1.29, 1.82) is 0 Å². The molecule has 0 aromatic carbocycles. The molecule has 2 aromatic heterocycles. The number of ether oxygens (including phenoxy) is 2. The van der Waals surface area contributed by atoms with Crippen LogP contribution in [0.5, 0.6) is 0 Å². The molecule has 0 amide bonds. The van der Waals surface area contributed by atoms with Gasteiger partial charge in [-0.15, -0.1) is 0 Å². The van der Waals surface area contributed by atoms with Gasteiger partial charge in [-0.3, -0.25) is 4.68 Å². The van der Waals surface area contributed by atoms with Gasteiger partial charge in [0.25, 0.3) is 0 Å². The average molecular weight is 265 g/mol. The number of anilines is 1. The van der Waals surface area contributed by atoms with Crippen molar-refractivity contribution in [2.24, 2.45) is 7.05 Å². The normalized spacial score (nSPS) is 11.1. The molecule has 19 heavy (non-hydrogen) atoms. The molecule has 1 N–H and O–H groups in total. The van der Waals surface area contributed by atoms with Crippen molar-refractivity contribution in [2.45, 2.75) is 13.5 Å². The van der Waals surface area contributed by atoms with Crippen LogP contribution in [-0.4, -0.2) is 46.6 Å². The molecule has 0 spiro atoms. The summed E-state index contributed by atoms with van der Waals surface area (Å²) < 4.78 is 12.1. The fourth-order valence-corrected chi connectivity index (χ4v) is 1.74. The summed E-state index contributed by atoms with van der Waals surface area (Å²) in [5.74, 6) is 1.44. The van der Waals surface area contributed by atoms with Gasteiger partial charge in [0.05, 0.1) is 24.8 Å². The van der Waals surface area contributed by atoms with Crippen molar-refractivity contribution in [2.75, 3.05) is 32.2 Å². The molecule has 7 heteroatoms. The lowest BCUT2D eigenvalue weighted by molar-refractivity contribution is 0.0587. The molecule has 0 aliphatic carbocycles. The summed E-state index contributed by atoms with van der Waals surface area (Å²) in [5.41, 5.74) is 0.802. The quantitative estimate of drug-likeness (QED) is 0.752. The van der Waals surface area contributed by atoms with Gasteiger partial charge in [-0.25, -0.2) is 9.97 Å². The maximum absolute atomic E-state index is 5.45. The highest BCUT2D eigenvalue weighted by Crippen LogP contribution is 2.19. The van der Waals surface area contributed by atoms with Gasteiger partial charge in [0.15, 0.2) is 11.5 Å². The number of rotatable bonds is 7. The summed E-state index contributed by atoms with van der Waals surface area (Å²) in [5, 5.41) is 8.35. The second kappa shape index (κ2) is 6.44. The summed E-state index contributed by atoms with van der Waals surface area (Å²) in [6.45, 7) is 4.28. The maximum Gasteiger partial charge on any atom is 0.163 e. The molecule has 0 aliphatic rings. The molecule has 7 nitrogen and oxygen atoms in total. The highest BCUT2D eigenvalue weighted by atomic mass is 16.5. The van der Waals surface area contributed by atoms with Crippen molar-refractivity contribution >= 4 is 16.9 Å². The van der Waals surface area contributed by atoms with Crippen LogP contribution in [0.15, 0.2) is 6.20 Å². The topological polar surface area (TPSA) is 74.1 Å². The van der Waals surface area contributed by atoms with Crippen LogP contribution in [0.3, 0.4) is 0 Å². The van der Waals surface area contributed by atoms with Gasteiger partial charge >= 0.3 is 0 Å². The average Bonchev–Trinajstić information content (AvgIpc) is 2.78. The SMILES string of the molecule is CCNc1nc(COCCOC)nc2c1cnn2C. The minimum Gasteiger partial charge on any atom is -0.382 e. The molecule has 104 valence electrons. The van der Waals surface area contributed by atoms with E-state index in [1.165, 1.54) is 0 Å². The van der Waals surface area contributed by atoms with E-state index in [1.807, 2.05) is 14.0 Å². The molecular weight excluding hydrogens is 246 g/mol. The van der Waals surface area contributed by atoms with Gasteiger partial charge in [-0.1, -0.05) is 0 Å². The van der Waals surface area contributed by atoms with Gasteiger partial charge < -0.3 is 14.8 Å². The third-order valence-corrected chi connectivity index (χ3v) is 2.65. The Hall–Kier alpha value is -1.73. The molecule has 0 unspecified atom stereocenters. The smallest absolute Gasteiger partial charge is 0.163 e. The number of nitrogens with one attached hydrogen (secondary N) is 1. The zero-order valence-corrected chi connectivity index (χ0v) is 11.5. The second-order valence-electron chi connectivity index (χ2n) is 4.07. The highest BCUT2D eigenvalue weighted by Gasteiger charge is 2.10. The molecule has 0 saturated heterocycles. The predicted octanol–water partition coefficient (Wildman–Crippen LogP) is 0.958. The molecule has 0 saturated carbocycles. The van der Waals surface area contributed by atoms with E-state index in [0.717, 1.165) is 23.4 Å². The summed E-state index contributed by atoms with van der Waals surface area (Å²) >= 11 is 0. The summed E-state index contributed by atoms with van der Waals surface area (Å²) in [7, 11) is 3.51. The zero-order valence-electron chi connectivity index (χ0n) is 11.5. The van der Waals surface area contributed by atoms with E-state index in [0.29, 0.717) is 25.6 Å². The first kappa shape index (κ1) is 13.7. The van der Waals surface area contributed by atoms with Crippen molar-refractivity contribution in [3.63, 3.8) is 0 Å². The van der Waals surface area contributed by atoms with Crippen molar-refractivity contribution in [1.82, 2.24) is 19.7 Å². The van der Waals surface area contributed by atoms with Crippen LogP contribution in [0.2, 0.25) is 0 Å². The van der Waals surface area contributed by atoms with E-state index in [9.17, 15) is 0 Å². The number of hydrogen-bond acceptors (Lipinski definition) is 6. The Balaban J connectivity index is 2.21. The van der Waals surface area contributed by atoms with E-state index in [2.05, 4.69) is 20.4 Å². The molecule has 2 heterocycles. The monoisotopic (exact) mass is 265 g/mol. The molecule has 0 atom stereocenters. The molecule has 2 aromatic rings. The van der Waals surface area contributed by atoms with Gasteiger partial charge in [0.2, 0.25) is 0 Å². The summed E-state index contributed by atoms with van der Waals surface area (Å²) in [6.07, 6.45) is 1.77. The Bertz CT molecular complexity index is 540. The molecule has 0 radical (unpaired) electrons. The Morgan fingerprint density at radius 1 is 1.32 bits per heavy atom. The van der Waals surface area contributed by atoms with E-state index in [-0.39, 0.29) is 0 Å². The standard InChI is InChI=1S/C12H19N5O2/c1-4-13-11-9-7-14-17(2)12(9)16-10(15-11)8-19-6-5-18-3/h7H,4-6,8H2,1-3H3,(H,13,15,16). The Labute approximate surface area is 111 Å². The first-order valence-electron chi connectivity index (χ1n) is 6.25. The van der Waals surface area contributed by atoms with Crippen LogP contribution in [-0.2, 0) is 23.1 Å². The van der Waals surface area contributed by atoms with Crippen LogP contribution in [0, 0.1) is 0 Å². The molecule has 0 fully saturated rings. The van der Waals surface area contributed by atoms with Crippen molar-refractivity contribution in [3.8, 4) is 0 Å². The molecule has 0 aliphatic heterocycles. The van der Waals surface area contributed by atoms with Crippen LogP contribution >= 0.6 is 0 Å². The van der Waals surface area contributed by atoms with Gasteiger partial charge in [0, 0.05) is 20.7 Å². The van der Waals surface area contributed by atoms with E-state index >= 15 is 0 Å². The lowest BCUT2D eigenvalue weighted by Gasteiger charge is -2.07. The van der Waals surface area contributed by atoms with E-state index in [4.69, 9.17) is 9.47 Å². The first-order chi connectivity index (χ1) is 9.26. The minimum absolute atomic E-state index is 0.364. The molecule has 2 rings (SSSR count). The summed E-state index contributed by atoms with van der Waals surface area (Å²) in [4.78, 5) is 8.92. The van der Waals surface area contributed by atoms with E-state index in [1.54, 1.807) is 18.0 Å². The Morgan fingerprint density at radius 2 is 2.16 bits per heavy atom. The van der Waals surface area contributed by atoms with Gasteiger partial charge in [-0.05, 0) is 6.92 Å². The number of hydrogen-bond donors (Lipinski definition) is 1. The third-order valence-electron chi connectivity index (χ3n) is 2.65. The zero-order chi connectivity index (χ0) is 13.7. The Morgan fingerprint density at radius 3 is 2.89 bits per heavy atom. The largest absolute Gasteiger partial charge is 0.382 e. The highest BCUT2D eigenvalue weighted by molar-refractivity contribution is 5.86. The fraction of sp³-hybridized carbons (Fsp3) is 0.583. The van der Waals surface area contributed by atoms with Crippen molar-refractivity contribution < 1.29 is 9.47 Å².